The van der Waals surface area contributed by atoms with Crippen LogP contribution in [0.5, 0.6) is 0 Å². The maximum Gasteiger partial charge on any atom is 0.142 e. The highest BCUT2D eigenvalue weighted by atomic mass is 32.2. The van der Waals surface area contributed by atoms with Gasteiger partial charge in [0.1, 0.15) is 5.82 Å². The fourth-order valence-corrected chi connectivity index (χ4v) is 4.71. The summed E-state index contributed by atoms with van der Waals surface area (Å²) in [6.07, 6.45) is 0. The maximum absolute atomic E-state index is 4.75. The van der Waals surface area contributed by atoms with Gasteiger partial charge in [0.2, 0.25) is 0 Å². The summed E-state index contributed by atoms with van der Waals surface area (Å²) in [6, 6.07) is 0.490. The minimum Gasteiger partial charge on any atom is -0.310 e. The zero-order valence-corrected chi connectivity index (χ0v) is 13.8. The molecule has 0 saturated carbocycles. The molecule has 1 saturated heterocycles. The summed E-state index contributed by atoms with van der Waals surface area (Å²) in [5.74, 6) is 4.65. The summed E-state index contributed by atoms with van der Waals surface area (Å²) in [5, 5.41) is 3.93. The molecule has 0 aliphatic carbocycles. The Kier molecular flexibility index (Phi) is 5.54. The van der Waals surface area contributed by atoms with E-state index in [0.717, 1.165) is 29.5 Å². The van der Waals surface area contributed by atoms with Gasteiger partial charge in [-0.2, -0.15) is 11.8 Å². The van der Waals surface area contributed by atoms with Crippen molar-refractivity contribution in [3.05, 3.63) is 22.8 Å². The molecule has 5 heteroatoms. The number of nitrogens with one attached hydrogen (secondary N) is 1. The average molecular weight is 297 g/mol. The van der Waals surface area contributed by atoms with Crippen LogP contribution in [0.25, 0.3) is 0 Å². The normalized spacial score (nSPS) is 19.9. The van der Waals surface area contributed by atoms with E-state index in [1.807, 2.05) is 23.5 Å². The van der Waals surface area contributed by atoms with Gasteiger partial charge in [0.15, 0.2) is 0 Å². The van der Waals surface area contributed by atoms with Crippen molar-refractivity contribution in [1.82, 2.24) is 15.3 Å². The molecular weight excluding hydrogens is 274 g/mol. The lowest BCUT2D eigenvalue weighted by Gasteiger charge is -2.21. The van der Waals surface area contributed by atoms with Crippen molar-refractivity contribution in [3.63, 3.8) is 0 Å². The molecule has 106 valence electrons. The molecule has 0 spiro atoms. The molecule has 0 radical (unpaired) electrons. The minimum absolute atomic E-state index is 0.475. The second-order valence-electron chi connectivity index (χ2n) is 5.20. The summed E-state index contributed by atoms with van der Waals surface area (Å²) >= 11 is 4.01. The molecule has 1 aromatic heterocycles. The molecule has 0 amide bonds. The van der Waals surface area contributed by atoms with E-state index in [9.17, 15) is 0 Å². The van der Waals surface area contributed by atoms with Crippen molar-refractivity contribution in [2.75, 3.05) is 17.3 Å². The third-order valence-corrected chi connectivity index (χ3v) is 5.98. The van der Waals surface area contributed by atoms with E-state index in [-0.39, 0.29) is 0 Å². The first-order valence-electron chi connectivity index (χ1n) is 6.84. The molecule has 2 heterocycles. The van der Waals surface area contributed by atoms with Gasteiger partial charge in [-0.15, -0.1) is 11.8 Å². The van der Waals surface area contributed by atoms with E-state index >= 15 is 0 Å². The Morgan fingerprint density at radius 1 is 1.21 bits per heavy atom. The van der Waals surface area contributed by atoms with Crippen LogP contribution < -0.4 is 5.32 Å². The van der Waals surface area contributed by atoms with E-state index in [4.69, 9.17) is 9.97 Å². The van der Waals surface area contributed by atoms with Gasteiger partial charge in [-0.1, -0.05) is 13.8 Å². The Hall–Kier alpha value is -0.260. The average Bonchev–Trinajstić information content (AvgIpc) is 2.38. The van der Waals surface area contributed by atoms with Crippen LogP contribution in [-0.2, 0) is 6.54 Å². The van der Waals surface area contributed by atoms with Crippen molar-refractivity contribution >= 4 is 23.5 Å². The number of rotatable bonds is 4. The zero-order chi connectivity index (χ0) is 13.8. The third kappa shape index (κ3) is 4.10. The van der Waals surface area contributed by atoms with Crippen LogP contribution in [0.15, 0.2) is 0 Å². The first-order chi connectivity index (χ1) is 9.08. The van der Waals surface area contributed by atoms with Gasteiger partial charge < -0.3 is 5.32 Å². The predicted molar refractivity (Wildman–Crippen MR) is 86.0 cm³/mol. The molecule has 3 nitrogen and oxygen atoms in total. The molecule has 0 bridgehead atoms. The van der Waals surface area contributed by atoms with E-state index in [1.54, 1.807) is 0 Å². The second kappa shape index (κ2) is 6.95. The largest absolute Gasteiger partial charge is 0.310 e. The Labute approximate surface area is 124 Å². The van der Waals surface area contributed by atoms with Crippen molar-refractivity contribution in [2.24, 2.45) is 0 Å². The van der Waals surface area contributed by atoms with E-state index in [0.29, 0.717) is 11.3 Å². The maximum atomic E-state index is 4.75. The topological polar surface area (TPSA) is 37.8 Å². The lowest BCUT2D eigenvalue weighted by Crippen LogP contribution is -2.24. The number of nitrogens with zero attached hydrogens (tertiary/aromatic N) is 2. The first-order valence-corrected chi connectivity index (χ1v) is 9.05. The van der Waals surface area contributed by atoms with Gasteiger partial charge in [-0.05, 0) is 13.8 Å². The molecular formula is C14H23N3S2. The molecule has 1 aliphatic rings. The highest BCUT2D eigenvalue weighted by molar-refractivity contribution is 8.06. The fraction of sp³-hybridized carbons (Fsp3) is 0.714. The fourth-order valence-electron chi connectivity index (χ4n) is 2.11. The summed E-state index contributed by atoms with van der Waals surface area (Å²) in [4.78, 5) is 9.50. The Bertz CT molecular complexity index is 406. The Balaban J connectivity index is 2.15. The van der Waals surface area contributed by atoms with E-state index in [2.05, 4.69) is 33.0 Å². The Morgan fingerprint density at radius 3 is 2.42 bits per heavy atom. The SMILES string of the molecule is Cc1nc(C2CSCCS2)nc(C)c1CNC(C)C. The highest BCUT2D eigenvalue weighted by Crippen LogP contribution is 2.35. The quantitative estimate of drug-likeness (QED) is 0.924. The molecule has 2 rings (SSSR count). The van der Waals surface area contributed by atoms with Crippen LogP contribution in [-0.4, -0.2) is 33.3 Å². The van der Waals surface area contributed by atoms with Crippen LogP contribution in [0.1, 0.15) is 41.9 Å². The van der Waals surface area contributed by atoms with Crippen molar-refractivity contribution in [2.45, 2.75) is 45.5 Å². The zero-order valence-electron chi connectivity index (χ0n) is 12.2. The summed E-state index contributed by atoms with van der Waals surface area (Å²) in [5.41, 5.74) is 3.52. The number of hydrogen-bond donors (Lipinski definition) is 1. The van der Waals surface area contributed by atoms with Crippen molar-refractivity contribution < 1.29 is 0 Å². The molecule has 1 N–H and O–H groups in total. The van der Waals surface area contributed by atoms with Gasteiger partial charge >= 0.3 is 0 Å². The number of thioether (sulfide) groups is 2. The van der Waals surface area contributed by atoms with Crippen LogP contribution in [0.2, 0.25) is 0 Å². The molecule has 1 aromatic rings. The Morgan fingerprint density at radius 2 is 1.89 bits per heavy atom. The van der Waals surface area contributed by atoms with Gasteiger partial charge in [0.25, 0.3) is 0 Å². The monoisotopic (exact) mass is 297 g/mol. The molecule has 0 aromatic carbocycles. The lowest BCUT2D eigenvalue weighted by atomic mass is 10.1. The highest BCUT2D eigenvalue weighted by Gasteiger charge is 2.20. The first kappa shape index (κ1) is 15.1. The van der Waals surface area contributed by atoms with Gasteiger partial charge in [-0.3, -0.25) is 0 Å². The smallest absolute Gasteiger partial charge is 0.142 e. The van der Waals surface area contributed by atoms with Crippen LogP contribution >= 0.6 is 23.5 Å². The van der Waals surface area contributed by atoms with Gasteiger partial charge in [-0.25, -0.2) is 9.97 Å². The van der Waals surface area contributed by atoms with Crippen LogP contribution in [0, 0.1) is 13.8 Å². The van der Waals surface area contributed by atoms with Crippen molar-refractivity contribution in [1.29, 1.82) is 0 Å². The molecule has 1 atom stereocenters. The predicted octanol–water partition coefficient (Wildman–Crippen LogP) is 3.11. The second-order valence-corrected chi connectivity index (χ2v) is 7.66. The van der Waals surface area contributed by atoms with Gasteiger partial charge in [0, 0.05) is 46.8 Å². The number of aromatic nitrogens is 2. The minimum atomic E-state index is 0.475. The van der Waals surface area contributed by atoms with Crippen LogP contribution in [0.4, 0.5) is 0 Å². The number of aryl methyl sites for hydroxylation is 2. The summed E-state index contributed by atoms with van der Waals surface area (Å²) < 4.78 is 0. The third-order valence-electron chi connectivity index (χ3n) is 3.23. The van der Waals surface area contributed by atoms with E-state index < -0.39 is 0 Å². The lowest BCUT2D eigenvalue weighted by molar-refractivity contribution is 0.581. The molecule has 1 fully saturated rings. The molecule has 19 heavy (non-hydrogen) atoms. The van der Waals surface area contributed by atoms with Crippen LogP contribution in [0.3, 0.4) is 0 Å². The summed E-state index contributed by atoms with van der Waals surface area (Å²) in [7, 11) is 0. The van der Waals surface area contributed by atoms with E-state index in [1.165, 1.54) is 17.1 Å². The summed E-state index contributed by atoms with van der Waals surface area (Å²) in [6.45, 7) is 9.40. The molecule has 1 unspecified atom stereocenters. The van der Waals surface area contributed by atoms with Crippen molar-refractivity contribution in [3.8, 4) is 0 Å². The van der Waals surface area contributed by atoms with Gasteiger partial charge in [0.05, 0.1) is 5.25 Å². The molecule has 1 aliphatic heterocycles. The standard InChI is InChI=1S/C14H23N3S2/c1-9(2)15-7-12-10(3)16-14(17-11(12)4)13-8-18-5-6-19-13/h9,13,15H,5-8H2,1-4H3. The number of hydrogen-bond acceptors (Lipinski definition) is 5.